The van der Waals surface area contributed by atoms with Crippen molar-refractivity contribution in [1.29, 1.82) is 0 Å². The van der Waals surface area contributed by atoms with Crippen LogP contribution in [-0.4, -0.2) is 25.0 Å². The van der Waals surface area contributed by atoms with Crippen LogP contribution in [0.4, 0.5) is 0 Å². The van der Waals surface area contributed by atoms with Crippen molar-refractivity contribution < 1.29 is 14.3 Å². The molecule has 1 heterocycles. The van der Waals surface area contributed by atoms with Gasteiger partial charge in [0.25, 0.3) is 5.91 Å². The fourth-order valence-corrected chi connectivity index (χ4v) is 2.37. The van der Waals surface area contributed by atoms with Crippen LogP contribution >= 0.6 is 27.3 Å². The number of rotatable bonds is 4. The van der Waals surface area contributed by atoms with Gasteiger partial charge in [0.2, 0.25) is 0 Å². The summed E-state index contributed by atoms with van der Waals surface area (Å²) in [6.07, 6.45) is 0. The minimum atomic E-state index is -0.432. The predicted molar refractivity (Wildman–Crippen MR) is 61.0 cm³/mol. The van der Waals surface area contributed by atoms with Crippen molar-refractivity contribution in [3.63, 3.8) is 0 Å². The number of nitrogens with one attached hydrogen (secondary N) is 1. The molecule has 0 unspecified atom stereocenters. The maximum absolute atomic E-state index is 11.5. The molecule has 0 atom stereocenters. The van der Waals surface area contributed by atoms with E-state index in [1.807, 2.05) is 0 Å². The molecule has 0 radical (unpaired) electrons. The molecule has 0 fully saturated rings. The summed E-state index contributed by atoms with van der Waals surface area (Å²) >= 11 is 4.55. The highest BCUT2D eigenvalue weighted by Crippen LogP contribution is 2.22. The van der Waals surface area contributed by atoms with E-state index < -0.39 is 5.97 Å². The van der Waals surface area contributed by atoms with Crippen LogP contribution in [0.5, 0.6) is 0 Å². The summed E-state index contributed by atoms with van der Waals surface area (Å²) in [6, 6.07) is 1.78. The summed E-state index contributed by atoms with van der Waals surface area (Å²) < 4.78 is 5.41. The van der Waals surface area contributed by atoms with Crippen molar-refractivity contribution in [3.8, 4) is 0 Å². The molecule has 1 aromatic heterocycles. The van der Waals surface area contributed by atoms with E-state index in [4.69, 9.17) is 0 Å². The standard InChI is InChI=1S/C9H10BrNO3S/c1-2-14-7(12)5-11-9(13)8-6(10)3-4-15-8/h3-4H,2,5H2,1H3,(H,11,13). The van der Waals surface area contributed by atoms with Gasteiger partial charge in [-0.2, -0.15) is 0 Å². The molecule has 0 saturated carbocycles. The number of carbonyl (C=O) groups is 2. The average molecular weight is 292 g/mol. The Balaban J connectivity index is 2.44. The topological polar surface area (TPSA) is 55.4 Å². The molecule has 0 aliphatic carbocycles. The lowest BCUT2D eigenvalue weighted by molar-refractivity contribution is -0.141. The fraction of sp³-hybridized carbons (Fsp3) is 0.333. The molecule has 0 saturated heterocycles. The molecular weight excluding hydrogens is 282 g/mol. The van der Waals surface area contributed by atoms with Crippen LogP contribution in [0.3, 0.4) is 0 Å². The van der Waals surface area contributed by atoms with Crippen molar-refractivity contribution in [2.45, 2.75) is 6.92 Å². The maximum atomic E-state index is 11.5. The number of carbonyl (C=O) groups excluding carboxylic acids is 2. The van der Waals surface area contributed by atoms with Gasteiger partial charge >= 0.3 is 5.97 Å². The Hall–Kier alpha value is -0.880. The zero-order valence-corrected chi connectivity index (χ0v) is 10.5. The quantitative estimate of drug-likeness (QED) is 0.861. The molecule has 1 amide bonds. The van der Waals surface area contributed by atoms with Gasteiger partial charge in [-0.1, -0.05) is 0 Å². The van der Waals surface area contributed by atoms with Crippen molar-refractivity contribution in [1.82, 2.24) is 5.32 Å². The molecule has 1 rings (SSSR count). The highest BCUT2D eigenvalue weighted by molar-refractivity contribution is 9.10. The molecule has 1 N–H and O–H groups in total. The Bertz CT molecular complexity index is 364. The molecule has 0 spiro atoms. The van der Waals surface area contributed by atoms with Gasteiger partial charge in [-0.05, 0) is 34.3 Å². The molecule has 1 aromatic rings. The minimum Gasteiger partial charge on any atom is -0.465 e. The third kappa shape index (κ3) is 3.64. The van der Waals surface area contributed by atoms with Gasteiger partial charge in [-0.3, -0.25) is 9.59 Å². The van der Waals surface area contributed by atoms with Crippen LogP contribution in [0.1, 0.15) is 16.6 Å². The van der Waals surface area contributed by atoms with Gasteiger partial charge in [0.05, 0.1) is 6.61 Å². The number of halogens is 1. The van der Waals surface area contributed by atoms with Gasteiger partial charge in [-0.25, -0.2) is 0 Å². The molecular formula is C9H10BrNO3S. The third-order valence-corrected chi connectivity index (χ3v) is 3.36. The minimum absolute atomic E-state index is 0.100. The van der Waals surface area contributed by atoms with Crippen LogP contribution in [0.25, 0.3) is 0 Å². The third-order valence-electron chi connectivity index (χ3n) is 1.52. The number of ether oxygens (including phenoxy) is 1. The Morgan fingerprint density at radius 1 is 1.60 bits per heavy atom. The Labute approximate surface area is 99.8 Å². The van der Waals surface area contributed by atoms with E-state index in [1.54, 1.807) is 18.4 Å². The first kappa shape index (κ1) is 12.2. The summed E-state index contributed by atoms with van der Waals surface area (Å²) in [6.45, 7) is 1.93. The fourth-order valence-electron chi connectivity index (χ4n) is 0.901. The zero-order valence-electron chi connectivity index (χ0n) is 8.08. The highest BCUT2D eigenvalue weighted by Gasteiger charge is 2.12. The molecule has 4 nitrogen and oxygen atoms in total. The van der Waals surface area contributed by atoms with Crippen LogP contribution in [-0.2, 0) is 9.53 Å². The van der Waals surface area contributed by atoms with Crippen LogP contribution < -0.4 is 5.32 Å². The van der Waals surface area contributed by atoms with Gasteiger partial charge in [-0.15, -0.1) is 11.3 Å². The second-order valence-corrected chi connectivity index (χ2v) is 4.36. The Morgan fingerprint density at radius 2 is 2.33 bits per heavy atom. The monoisotopic (exact) mass is 291 g/mol. The molecule has 0 aliphatic heterocycles. The summed E-state index contributed by atoms with van der Waals surface area (Å²) in [5.74, 6) is -0.705. The van der Waals surface area contributed by atoms with Gasteiger partial charge in [0.15, 0.2) is 0 Å². The smallest absolute Gasteiger partial charge is 0.325 e. The Morgan fingerprint density at radius 3 is 2.87 bits per heavy atom. The lowest BCUT2D eigenvalue weighted by atomic mass is 10.4. The van der Waals surface area contributed by atoms with E-state index in [0.29, 0.717) is 11.5 Å². The lowest BCUT2D eigenvalue weighted by Gasteiger charge is -2.03. The lowest BCUT2D eigenvalue weighted by Crippen LogP contribution is -2.30. The summed E-state index contributed by atoms with van der Waals surface area (Å²) in [4.78, 5) is 23.0. The first-order valence-electron chi connectivity index (χ1n) is 4.32. The number of thiophene rings is 1. The largest absolute Gasteiger partial charge is 0.465 e. The van der Waals surface area contributed by atoms with Gasteiger partial charge in [0.1, 0.15) is 11.4 Å². The van der Waals surface area contributed by atoms with E-state index in [0.717, 1.165) is 4.47 Å². The predicted octanol–water partition coefficient (Wildman–Crippen LogP) is 1.80. The van der Waals surface area contributed by atoms with E-state index in [1.165, 1.54) is 11.3 Å². The number of hydrogen-bond acceptors (Lipinski definition) is 4. The van der Waals surface area contributed by atoms with Crippen molar-refractivity contribution in [2.75, 3.05) is 13.2 Å². The van der Waals surface area contributed by atoms with E-state index in [2.05, 4.69) is 26.0 Å². The molecule has 6 heteroatoms. The van der Waals surface area contributed by atoms with Crippen LogP contribution in [0.2, 0.25) is 0 Å². The van der Waals surface area contributed by atoms with Crippen molar-refractivity contribution in [2.24, 2.45) is 0 Å². The molecule has 0 aliphatic rings. The first-order chi connectivity index (χ1) is 7.15. The van der Waals surface area contributed by atoms with E-state index in [9.17, 15) is 9.59 Å². The number of amides is 1. The van der Waals surface area contributed by atoms with Crippen molar-refractivity contribution in [3.05, 3.63) is 20.8 Å². The van der Waals surface area contributed by atoms with E-state index >= 15 is 0 Å². The SMILES string of the molecule is CCOC(=O)CNC(=O)c1sccc1Br. The molecule has 15 heavy (non-hydrogen) atoms. The normalized spacial score (nSPS) is 9.73. The second kappa shape index (κ2) is 5.87. The van der Waals surface area contributed by atoms with Gasteiger partial charge in [0, 0.05) is 4.47 Å². The second-order valence-electron chi connectivity index (χ2n) is 2.59. The van der Waals surface area contributed by atoms with Crippen LogP contribution in [0.15, 0.2) is 15.9 Å². The summed E-state index contributed by atoms with van der Waals surface area (Å²) in [7, 11) is 0. The number of hydrogen-bond donors (Lipinski definition) is 1. The summed E-state index contributed by atoms with van der Waals surface area (Å²) in [5, 5.41) is 4.27. The molecule has 82 valence electrons. The molecule has 0 bridgehead atoms. The zero-order chi connectivity index (χ0) is 11.3. The maximum Gasteiger partial charge on any atom is 0.325 e. The van der Waals surface area contributed by atoms with E-state index in [-0.39, 0.29) is 12.5 Å². The first-order valence-corrected chi connectivity index (χ1v) is 5.99. The van der Waals surface area contributed by atoms with Crippen LogP contribution in [0, 0.1) is 0 Å². The highest BCUT2D eigenvalue weighted by atomic mass is 79.9. The molecule has 0 aromatic carbocycles. The average Bonchev–Trinajstić information content (AvgIpc) is 2.61. The Kier molecular flexibility index (Phi) is 4.77. The number of esters is 1. The summed E-state index contributed by atoms with van der Waals surface area (Å²) in [5.41, 5.74) is 0. The van der Waals surface area contributed by atoms with Gasteiger partial charge < -0.3 is 10.1 Å². The van der Waals surface area contributed by atoms with Crippen molar-refractivity contribution >= 4 is 39.1 Å².